The van der Waals surface area contributed by atoms with Gasteiger partial charge in [0.25, 0.3) is 0 Å². The highest BCUT2D eigenvalue weighted by Gasteiger charge is 2.30. The van der Waals surface area contributed by atoms with Crippen molar-refractivity contribution in [1.29, 1.82) is 0 Å². The molecule has 1 aliphatic rings. The molecule has 0 aromatic carbocycles. The summed E-state index contributed by atoms with van der Waals surface area (Å²) in [4.78, 5) is 11.8. The summed E-state index contributed by atoms with van der Waals surface area (Å²) in [5.41, 5.74) is 5.11. The van der Waals surface area contributed by atoms with Crippen molar-refractivity contribution in [3.8, 4) is 0 Å². The molecule has 0 aromatic rings. The molecular formula is C11H21NO3. The predicted molar refractivity (Wildman–Crippen MR) is 57.4 cm³/mol. The third kappa shape index (κ3) is 4.18. The Morgan fingerprint density at radius 2 is 2.20 bits per heavy atom. The summed E-state index contributed by atoms with van der Waals surface area (Å²) < 4.78 is 10.7. The van der Waals surface area contributed by atoms with E-state index in [1.54, 1.807) is 0 Å². The van der Waals surface area contributed by atoms with E-state index in [-0.39, 0.29) is 18.0 Å². The minimum absolute atomic E-state index is 0.0104. The van der Waals surface area contributed by atoms with E-state index in [2.05, 4.69) is 0 Å². The average molecular weight is 215 g/mol. The van der Waals surface area contributed by atoms with E-state index in [1.165, 1.54) is 0 Å². The van der Waals surface area contributed by atoms with Crippen LogP contribution < -0.4 is 5.73 Å². The molecule has 0 unspecified atom stereocenters. The van der Waals surface area contributed by atoms with Crippen molar-refractivity contribution in [2.75, 3.05) is 13.2 Å². The maximum Gasteiger partial charge on any atom is 0.309 e. The SMILES string of the molecule is CC(C)(C)OC(=O)[C@@H]1CCO[C@H](CN)C1. The topological polar surface area (TPSA) is 61.5 Å². The van der Waals surface area contributed by atoms with Crippen LogP contribution in [0.1, 0.15) is 33.6 Å². The van der Waals surface area contributed by atoms with E-state index < -0.39 is 5.60 Å². The third-order valence-corrected chi connectivity index (χ3v) is 2.37. The molecule has 4 nitrogen and oxygen atoms in total. The highest BCUT2D eigenvalue weighted by Crippen LogP contribution is 2.23. The first-order chi connectivity index (χ1) is 6.92. The first-order valence-electron chi connectivity index (χ1n) is 5.47. The summed E-state index contributed by atoms with van der Waals surface area (Å²) in [5.74, 6) is -0.171. The Balaban J connectivity index is 2.45. The number of ether oxygens (including phenoxy) is 2. The number of carbonyl (C=O) groups is 1. The van der Waals surface area contributed by atoms with E-state index in [0.717, 1.165) is 6.42 Å². The molecular weight excluding hydrogens is 194 g/mol. The maximum atomic E-state index is 11.8. The summed E-state index contributed by atoms with van der Waals surface area (Å²) in [6.45, 7) is 6.71. The molecule has 0 spiro atoms. The summed E-state index contributed by atoms with van der Waals surface area (Å²) in [7, 11) is 0. The van der Waals surface area contributed by atoms with Gasteiger partial charge in [-0.15, -0.1) is 0 Å². The van der Waals surface area contributed by atoms with Gasteiger partial charge >= 0.3 is 5.97 Å². The van der Waals surface area contributed by atoms with Crippen molar-refractivity contribution in [3.05, 3.63) is 0 Å². The molecule has 0 amide bonds. The van der Waals surface area contributed by atoms with Gasteiger partial charge in [0.05, 0.1) is 12.0 Å². The predicted octanol–water partition coefficient (Wildman–Crippen LogP) is 1.08. The number of hydrogen-bond donors (Lipinski definition) is 1. The molecule has 4 heteroatoms. The second-order valence-electron chi connectivity index (χ2n) is 4.98. The second kappa shape index (κ2) is 4.94. The number of hydrogen-bond acceptors (Lipinski definition) is 4. The van der Waals surface area contributed by atoms with Gasteiger partial charge in [-0.1, -0.05) is 0 Å². The fourth-order valence-corrected chi connectivity index (χ4v) is 1.64. The zero-order chi connectivity index (χ0) is 11.5. The second-order valence-corrected chi connectivity index (χ2v) is 4.98. The van der Waals surface area contributed by atoms with Gasteiger partial charge in [-0.3, -0.25) is 4.79 Å². The molecule has 0 aliphatic carbocycles. The van der Waals surface area contributed by atoms with Gasteiger partial charge in [0.2, 0.25) is 0 Å². The molecule has 0 radical (unpaired) electrons. The Bertz CT molecular complexity index is 222. The standard InChI is InChI=1S/C11H21NO3/c1-11(2,3)15-10(13)8-4-5-14-9(6-8)7-12/h8-9H,4-7,12H2,1-3H3/t8-,9+/m1/s1. The van der Waals surface area contributed by atoms with E-state index in [1.807, 2.05) is 20.8 Å². The molecule has 1 rings (SSSR count). The van der Waals surface area contributed by atoms with Crippen LogP contribution in [0.25, 0.3) is 0 Å². The number of nitrogens with two attached hydrogens (primary N) is 1. The molecule has 2 atom stereocenters. The number of rotatable bonds is 2. The van der Waals surface area contributed by atoms with E-state index in [9.17, 15) is 4.79 Å². The monoisotopic (exact) mass is 215 g/mol. The maximum absolute atomic E-state index is 11.8. The van der Waals surface area contributed by atoms with Crippen LogP contribution in [0.2, 0.25) is 0 Å². The number of carbonyl (C=O) groups excluding carboxylic acids is 1. The highest BCUT2D eigenvalue weighted by atomic mass is 16.6. The molecule has 0 saturated carbocycles. The molecule has 1 heterocycles. The summed E-state index contributed by atoms with van der Waals surface area (Å²) in [5, 5.41) is 0. The van der Waals surface area contributed by atoms with Gasteiger partial charge < -0.3 is 15.2 Å². The quantitative estimate of drug-likeness (QED) is 0.700. The van der Waals surface area contributed by atoms with Crippen molar-refractivity contribution < 1.29 is 14.3 Å². The van der Waals surface area contributed by atoms with Crippen LogP contribution in [0.3, 0.4) is 0 Å². The molecule has 15 heavy (non-hydrogen) atoms. The molecule has 0 bridgehead atoms. The van der Waals surface area contributed by atoms with Gasteiger partial charge in [-0.25, -0.2) is 0 Å². The highest BCUT2D eigenvalue weighted by molar-refractivity contribution is 5.73. The van der Waals surface area contributed by atoms with Crippen LogP contribution in [0.5, 0.6) is 0 Å². The largest absolute Gasteiger partial charge is 0.460 e. The normalized spacial score (nSPS) is 27.5. The van der Waals surface area contributed by atoms with E-state index in [0.29, 0.717) is 19.6 Å². The lowest BCUT2D eigenvalue weighted by Crippen LogP contribution is -2.37. The van der Waals surface area contributed by atoms with Crippen molar-refractivity contribution in [3.63, 3.8) is 0 Å². The van der Waals surface area contributed by atoms with E-state index >= 15 is 0 Å². The summed E-state index contributed by atoms with van der Waals surface area (Å²) in [6.07, 6.45) is 1.44. The van der Waals surface area contributed by atoms with Crippen LogP contribution in [0.15, 0.2) is 0 Å². The van der Waals surface area contributed by atoms with Crippen LogP contribution in [0, 0.1) is 5.92 Å². The van der Waals surface area contributed by atoms with Gasteiger partial charge in [-0.05, 0) is 33.6 Å². The summed E-state index contributed by atoms with van der Waals surface area (Å²) >= 11 is 0. The van der Waals surface area contributed by atoms with Crippen LogP contribution in [0.4, 0.5) is 0 Å². The molecule has 88 valence electrons. The van der Waals surface area contributed by atoms with Crippen molar-refractivity contribution in [2.45, 2.75) is 45.3 Å². The lowest BCUT2D eigenvalue weighted by Gasteiger charge is -2.30. The Kier molecular flexibility index (Phi) is 4.11. The molecule has 1 aliphatic heterocycles. The molecule has 1 saturated heterocycles. The van der Waals surface area contributed by atoms with Crippen molar-refractivity contribution >= 4 is 5.97 Å². The van der Waals surface area contributed by atoms with Gasteiger partial charge in [0.1, 0.15) is 5.60 Å². The Hall–Kier alpha value is -0.610. The summed E-state index contributed by atoms with van der Waals surface area (Å²) in [6, 6.07) is 0. The Morgan fingerprint density at radius 1 is 1.53 bits per heavy atom. The molecule has 1 fully saturated rings. The zero-order valence-electron chi connectivity index (χ0n) is 9.79. The minimum Gasteiger partial charge on any atom is -0.460 e. The lowest BCUT2D eigenvalue weighted by atomic mass is 9.95. The number of esters is 1. The zero-order valence-corrected chi connectivity index (χ0v) is 9.79. The molecule has 2 N–H and O–H groups in total. The lowest BCUT2D eigenvalue weighted by molar-refractivity contribution is -0.164. The first kappa shape index (κ1) is 12.5. The Morgan fingerprint density at radius 3 is 2.73 bits per heavy atom. The third-order valence-electron chi connectivity index (χ3n) is 2.37. The van der Waals surface area contributed by atoms with Crippen molar-refractivity contribution in [1.82, 2.24) is 0 Å². The van der Waals surface area contributed by atoms with Crippen LogP contribution in [-0.4, -0.2) is 30.8 Å². The smallest absolute Gasteiger partial charge is 0.309 e. The van der Waals surface area contributed by atoms with Crippen LogP contribution >= 0.6 is 0 Å². The average Bonchev–Trinajstić information content (AvgIpc) is 2.15. The molecule has 0 aromatic heterocycles. The van der Waals surface area contributed by atoms with Gasteiger partial charge in [0, 0.05) is 13.2 Å². The van der Waals surface area contributed by atoms with Crippen LogP contribution in [-0.2, 0) is 14.3 Å². The first-order valence-corrected chi connectivity index (χ1v) is 5.47. The minimum atomic E-state index is -0.409. The van der Waals surface area contributed by atoms with Gasteiger partial charge in [-0.2, -0.15) is 0 Å². The van der Waals surface area contributed by atoms with Crippen molar-refractivity contribution in [2.24, 2.45) is 11.7 Å². The Labute approximate surface area is 91.1 Å². The fraction of sp³-hybridized carbons (Fsp3) is 0.909. The van der Waals surface area contributed by atoms with E-state index in [4.69, 9.17) is 15.2 Å². The fourth-order valence-electron chi connectivity index (χ4n) is 1.64. The van der Waals surface area contributed by atoms with Gasteiger partial charge in [0.15, 0.2) is 0 Å².